The lowest BCUT2D eigenvalue weighted by atomic mass is 9.90. The highest BCUT2D eigenvalue weighted by Gasteiger charge is 2.23. The van der Waals surface area contributed by atoms with E-state index in [1.54, 1.807) is 0 Å². The second-order valence-electron chi connectivity index (χ2n) is 5.20. The van der Waals surface area contributed by atoms with Crippen LogP contribution < -0.4 is 10.6 Å². The molecule has 0 spiro atoms. The van der Waals surface area contributed by atoms with Crippen LogP contribution in [-0.4, -0.2) is 31.7 Å². The van der Waals surface area contributed by atoms with Crippen LogP contribution in [0.25, 0.3) is 0 Å². The molecule has 1 aromatic carbocycles. The van der Waals surface area contributed by atoms with Gasteiger partial charge in [-0.3, -0.25) is 4.79 Å². The SMILES string of the molecule is O=C(Nc1cccc2c1CCCC2)C1CNCCO1. The predicted molar refractivity (Wildman–Crippen MR) is 74.3 cm³/mol. The largest absolute Gasteiger partial charge is 0.366 e. The van der Waals surface area contributed by atoms with E-state index in [2.05, 4.69) is 16.7 Å². The van der Waals surface area contributed by atoms with E-state index in [1.165, 1.54) is 24.0 Å². The molecule has 0 saturated carbocycles. The van der Waals surface area contributed by atoms with Crippen LogP contribution in [0.3, 0.4) is 0 Å². The van der Waals surface area contributed by atoms with Crippen molar-refractivity contribution in [2.75, 3.05) is 25.0 Å². The lowest BCUT2D eigenvalue weighted by molar-refractivity contribution is -0.128. The minimum absolute atomic E-state index is 0.0360. The molecule has 1 aliphatic heterocycles. The van der Waals surface area contributed by atoms with Crippen LogP contribution >= 0.6 is 0 Å². The summed E-state index contributed by atoms with van der Waals surface area (Å²) in [7, 11) is 0. The Bertz CT molecular complexity index is 467. The molecule has 0 bridgehead atoms. The molecule has 1 heterocycles. The number of benzene rings is 1. The number of morpholine rings is 1. The van der Waals surface area contributed by atoms with Gasteiger partial charge >= 0.3 is 0 Å². The summed E-state index contributed by atoms with van der Waals surface area (Å²) in [6, 6.07) is 6.20. The fourth-order valence-electron chi connectivity index (χ4n) is 2.85. The Morgan fingerprint density at radius 2 is 2.21 bits per heavy atom. The van der Waals surface area contributed by atoms with Crippen molar-refractivity contribution < 1.29 is 9.53 Å². The summed E-state index contributed by atoms with van der Waals surface area (Å²) in [4.78, 5) is 12.2. The quantitative estimate of drug-likeness (QED) is 0.847. The van der Waals surface area contributed by atoms with E-state index in [4.69, 9.17) is 4.74 Å². The zero-order valence-corrected chi connectivity index (χ0v) is 11.1. The Balaban J connectivity index is 1.74. The van der Waals surface area contributed by atoms with Crippen molar-refractivity contribution in [1.29, 1.82) is 0 Å². The highest BCUT2D eigenvalue weighted by atomic mass is 16.5. The van der Waals surface area contributed by atoms with E-state index in [9.17, 15) is 4.79 Å². The van der Waals surface area contributed by atoms with Gasteiger partial charge in [-0.1, -0.05) is 12.1 Å². The van der Waals surface area contributed by atoms with Crippen LogP contribution in [0.4, 0.5) is 5.69 Å². The fourth-order valence-corrected chi connectivity index (χ4v) is 2.85. The van der Waals surface area contributed by atoms with E-state index in [0.29, 0.717) is 13.2 Å². The third-order valence-corrected chi connectivity index (χ3v) is 3.87. The Morgan fingerprint density at radius 3 is 3.05 bits per heavy atom. The first-order valence-electron chi connectivity index (χ1n) is 7.08. The van der Waals surface area contributed by atoms with Gasteiger partial charge in [0.2, 0.25) is 0 Å². The van der Waals surface area contributed by atoms with Gasteiger partial charge in [0, 0.05) is 18.8 Å². The normalized spacial score (nSPS) is 22.6. The average Bonchev–Trinajstić information content (AvgIpc) is 2.48. The number of aryl methyl sites for hydroxylation is 1. The first kappa shape index (κ1) is 12.6. The Morgan fingerprint density at radius 1 is 1.32 bits per heavy atom. The second-order valence-corrected chi connectivity index (χ2v) is 5.20. The predicted octanol–water partition coefficient (Wildman–Crippen LogP) is 1.49. The number of carbonyl (C=O) groups is 1. The maximum absolute atomic E-state index is 12.2. The minimum Gasteiger partial charge on any atom is -0.366 e. The number of amides is 1. The van der Waals surface area contributed by atoms with Gasteiger partial charge in [0.1, 0.15) is 6.10 Å². The molecule has 102 valence electrons. The highest BCUT2D eigenvalue weighted by Crippen LogP contribution is 2.27. The van der Waals surface area contributed by atoms with Gasteiger partial charge < -0.3 is 15.4 Å². The number of ether oxygens (including phenoxy) is 1. The zero-order chi connectivity index (χ0) is 13.1. The van der Waals surface area contributed by atoms with Crippen molar-refractivity contribution in [1.82, 2.24) is 5.32 Å². The fraction of sp³-hybridized carbons (Fsp3) is 0.533. The van der Waals surface area contributed by atoms with E-state index in [0.717, 1.165) is 25.1 Å². The van der Waals surface area contributed by atoms with Gasteiger partial charge in [-0.05, 0) is 42.9 Å². The van der Waals surface area contributed by atoms with Crippen LogP contribution in [0.1, 0.15) is 24.0 Å². The van der Waals surface area contributed by atoms with Crippen molar-refractivity contribution >= 4 is 11.6 Å². The molecule has 1 aromatic rings. The maximum atomic E-state index is 12.2. The molecule has 3 rings (SSSR count). The molecule has 4 heteroatoms. The molecular weight excluding hydrogens is 240 g/mol. The lowest BCUT2D eigenvalue weighted by Gasteiger charge is -2.24. The van der Waals surface area contributed by atoms with Crippen LogP contribution in [0.2, 0.25) is 0 Å². The standard InChI is InChI=1S/C15H20N2O2/c18-15(14-10-16-8-9-19-14)17-13-7-3-5-11-4-1-2-6-12(11)13/h3,5,7,14,16H,1-2,4,6,8-10H2,(H,17,18). The minimum atomic E-state index is -0.367. The van der Waals surface area contributed by atoms with E-state index in [-0.39, 0.29) is 12.0 Å². The van der Waals surface area contributed by atoms with Crippen molar-refractivity contribution in [3.8, 4) is 0 Å². The molecule has 1 aliphatic carbocycles. The van der Waals surface area contributed by atoms with Crippen LogP contribution in [-0.2, 0) is 22.4 Å². The molecule has 1 unspecified atom stereocenters. The number of carbonyl (C=O) groups excluding carboxylic acids is 1. The number of nitrogens with one attached hydrogen (secondary N) is 2. The highest BCUT2D eigenvalue weighted by molar-refractivity contribution is 5.95. The first-order chi connectivity index (χ1) is 9.34. The Labute approximate surface area is 113 Å². The molecule has 0 radical (unpaired) electrons. The maximum Gasteiger partial charge on any atom is 0.254 e. The summed E-state index contributed by atoms with van der Waals surface area (Å²) in [5, 5.41) is 6.21. The smallest absolute Gasteiger partial charge is 0.254 e. The van der Waals surface area contributed by atoms with Gasteiger partial charge in [0.25, 0.3) is 5.91 Å². The molecule has 1 amide bonds. The topological polar surface area (TPSA) is 50.4 Å². The van der Waals surface area contributed by atoms with Crippen LogP contribution in [0.5, 0.6) is 0 Å². The Hall–Kier alpha value is -1.39. The molecule has 1 saturated heterocycles. The van der Waals surface area contributed by atoms with Gasteiger partial charge in [-0.25, -0.2) is 0 Å². The molecule has 1 atom stereocenters. The number of hydrogen-bond donors (Lipinski definition) is 2. The number of fused-ring (bicyclic) bond motifs is 1. The summed E-state index contributed by atoms with van der Waals surface area (Å²) in [6.45, 7) is 2.02. The van der Waals surface area contributed by atoms with Gasteiger partial charge in [0.05, 0.1) is 6.61 Å². The zero-order valence-electron chi connectivity index (χ0n) is 11.1. The summed E-state index contributed by atoms with van der Waals surface area (Å²) < 4.78 is 5.48. The number of hydrogen-bond acceptors (Lipinski definition) is 3. The molecule has 2 aliphatic rings. The number of anilines is 1. The summed E-state index contributed by atoms with van der Waals surface area (Å²) >= 11 is 0. The van der Waals surface area contributed by atoms with Crippen LogP contribution in [0, 0.1) is 0 Å². The van der Waals surface area contributed by atoms with Crippen molar-refractivity contribution in [2.24, 2.45) is 0 Å². The molecular formula is C15H20N2O2. The molecule has 2 N–H and O–H groups in total. The first-order valence-corrected chi connectivity index (χ1v) is 7.08. The van der Waals surface area contributed by atoms with Crippen molar-refractivity contribution in [3.63, 3.8) is 0 Å². The third-order valence-electron chi connectivity index (χ3n) is 3.87. The van der Waals surface area contributed by atoms with Crippen molar-refractivity contribution in [3.05, 3.63) is 29.3 Å². The lowest BCUT2D eigenvalue weighted by Crippen LogP contribution is -2.45. The number of rotatable bonds is 2. The monoisotopic (exact) mass is 260 g/mol. The van der Waals surface area contributed by atoms with Gasteiger partial charge in [-0.15, -0.1) is 0 Å². The molecule has 19 heavy (non-hydrogen) atoms. The van der Waals surface area contributed by atoms with E-state index < -0.39 is 0 Å². The molecule has 0 aromatic heterocycles. The molecule has 1 fully saturated rings. The van der Waals surface area contributed by atoms with Gasteiger partial charge in [-0.2, -0.15) is 0 Å². The summed E-state index contributed by atoms with van der Waals surface area (Å²) in [5.41, 5.74) is 3.66. The Kier molecular flexibility index (Phi) is 3.80. The summed E-state index contributed by atoms with van der Waals surface area (Å²) in [5.74, 6) is -0.0360. The van der Waals surface area contributed by atoms with E-state index in [1.807, 2.05) is 12.1 Å². The van der Waals surface area contributed by atoms with Crippen molar-refractivity contribution in [2.45, 2.75) is 31.8 Å². The second kappa shape index (κ2) is 5.72. The van der Waals surface area contributed by atoms with Crippen LogP contribution in [0.15, 0.2) is 18.2 Å². The van der Waals surface area contributed by atoms with Gasteiger partial charge in [0.15, 0.2) is 0 Å². The summed E-state index contributed by atoms with van der Waals surface area (Å²) in [6.07, 6.45) is 4.28. The van der Waals surface area contributed by atoms with E-state index >= 15 is 0 Å². The molecule has 4 nitrogen and oxygen atoms in total. The third kappa shape index (κ3) is 2.80. The average molecular weight is 260 g/mol.